The lowest BCUT2D eigenvalue weighted by molar-refractivity contribution is 0.242. The van der Waals surface area contributed by atoms with Gasteiger partial charge in [-0.15, -0.1) is 0 Å². The largest absolute Gasteiger partial charge is 0.154 e. The van der Waals surface area contributed by atoms with Gasteiger partial charge in [-0.3, -0.25) is 0 Å². The van der Waals surface area contributed by atoms with Crippen molar-refractivity contribution in [1.82, 2.24) is 0 Å². The molecule has 0 amide bonds. The Hall–Kier alpha value is -0.690. The van der Waals surface area contributed by atoms with E-state index in [9.17, 15) is 0 Å². The molecule has 110 valence electrons. The molecular weight excluding hydrogens is 260 g/mol. The first kappa shape index (κ1) is 15.7. The minimum absolute atomic E-state index is 0.843. The average molecular weight is 288 g/mol. The summed E-state index contributed by atoms with van der Waals surface area (Å²) in [5.41, 5.74) is 2.66. The summed E-state index contributed by atoms with van der Waals surface area (Å²) in [4.78, 5) is 0. The highest BCUT2D eigenvalue weighted by Gasteiger charge is 2.29. The molecule has 0 aromatic heterocycles. The van der Waals surface area contributed by atoms with Gasteiger partial charge in [-0.1, -0.05) is 57.7 Å². The maximum atomic E-state index is 3.81. The van der Waals surface area contributed by atoms with Gasteiger partial charge in [0.2, 0.25) is 0 Å². The molecule has 0 saturated heterocycles. The molecule has 0 radical (unpaired) electrons. The van der Waals surface area contributed by atoms with E-state index in [4.69, 9.17) is 0 Å². The Kier molecular flexibility index (Phi) is 5.77. The van der Waals surface area contributed by atoms with E-state index in [1.807, 2.05) is 6.08 Å². The van der Waals surface area contributed by atoms with E-state index in [0.29, 0.717) is 0 Å². The van der Waals surface area contributed by atoms with E-state index in [1.54, 1.807) is 0 Å². The summed E-state index contributed by atoms with van der Waals surface area (Å²) in [6.07, 6.45) is 6.17. The van der Waals surface area contributed by atoms with E-state index in [2.05, 4.69) is 63.4 Å². The van der Waals surface area contributed by atoms with Crippen LogP contribution < -0.4 is 0 Å². The minimum Gasteiger partial charge on any atom is -0.154 e. The predicted octanol–water partition coefficient (Wildman–Crippen LogP) is 6.02. The normalized spacial score (nSPS) is 26.7. The zero-order valence-electron chi connectivity index (χ0n) is 13.1. The van der Waals surface area contributed by atoms with Gasteiger partial charge in [-0.05, 0) is 48.1 Å². The standard InChI is InChI=1S/C19H28S/c1-5-16-7-9-17(10-8-16)13-20-19-12-18(14(2)3)11-6-15(19)4/h5,7-10,14-15,18-19H,1,6,11-13H2,2-4H3. The van der Waals surface area contributed by atoms with E-state index in [1.165, 1.54) is 30.4 Å². The van der Waals surface area contributed by atoms with Crippen molar-refractivity contribution in [3.63, 3.8) is 0 Å². The second kappa shape index (κ2) is 7.36. The summed E-state index contributed by atoms with van der Waals surface area (Å²) in [6.45, 7) is 11.0. The monoisotopic (exact) mass is 288 g/mol. The predicted molar refractivity (Wildman–Crippen MR) is 93.0 cm³/mol. The van der Waals surface area contributed by atoms with Gasteiger partial charge in [0.1, 0.15) is 0 Å². The van der Waals surface area contributed by atoms with Crippen LogP contribution in [0.4, 0.5) is 0 Å². The zero-order valence-corrected chi connectivity index (χ0v) is 14.0. The van der Waals surface area contributed by atoms with Crippen molar-refractivity contribution in [3.05, 3.63) is 42.0 Å². The summed E-state index contributed by atoms with van der Waals surface area (Å²) >= 11 is 2.17. The third kappa shape index (κ3) is 4.15. The van der Waals surface area contributed by atoms with Crippen LogP contribution in [0.25, 0.3) is 6.08 Å². The topological polar surface area (TPSA) is 0 Å². The van der Waals surface area contributed by atoms with Crippen molar-refractivity contribution < 1.29 is 0 Å². The summed E-state index contributed by atoms with van der Waals surface area (Å²) in [5, 5.41) is 0.843. The number of thioether (sulfide) groups is 1. The van der Waals surface area contributed by atoms with Crippen LogP contribution >= 0.6 is 11.8 Å². The molecule has 0 heterocycles. The number of rotatable bonds is 5. The molecule has 0 bridgehead atoms. The highest BCUT2D eigenvalue weighted by molar-refractivity contribution is 7.99. The Bertz CT molecular complexity index is 418. The number of hydrogen-bond donors (Lipinski definition) is 0. The molecule has 1 aromatic rings. The van der Waals surface area contributed by atoms with Gasteiger partial charge in [0, 0.05) is 11.0 Å². The van der Waals surface area contributed by atoms with Gasteiger partial charge in [0.05, 0.1) is 0 Å². The molecular formula is C19H28S. The Morgan fingerprint density at radius 3 is 2.55 bits per heavy atom. The van der Waals surface area contributed by atoms with Gasteiger partial charge in [0.15, 0.2) is 0 Å². The Balaban J connectivity index is 1.89. The molecule has 0 spiro atoms. The second-order valence-corrected chi connectivity index (χ2v) is 7.82. The van der Waals surface area contributed by atoms with E-state index >= 15 is 0 Å². The molecule has 20 heavy (non-hydrogen) atoms. The SMILES string of the molecule is C=Cc1ccc(CSC2CC(C(C)C)CCC2C)cc1. The first-order valence-electron chi connectivity index (χ1n) is 7.93. The lowest BCUT2D eigenvalue weighted by Crippen LogP contribution is -2.27. The van der Waals surface area contributed by atoms with Crippen LogP contribution in [0.2, 0.25) is 0 Å². The van der Waals surface area contributed by atoms with E-state index < -0.39 is 0 Å². The molecule has 1 aliphatic rings. The van der Waals surface area contributed by atoms with Crippen molar-refractivity contribution in [1.29, 1.82) is 0 Å². The third-order valence-electron chi connectivity index (χ3n) is 4.78. The number of benzene rings is 1. The molecule has 0 N–H and O–H groups in total. The molecule has 0 aliphatic heterocycles. The van der Waals surface area contributed by atoms with Crippen LogP contribution in [0.1, 0.15) is 51.2 Å². The van der Waals surface area contributed by atoms with Crippen LogP contribution in [0.5, 0.6) is 0 Å². The molecule has 1 heteroatoms. The fourth-order valence-electron chi connectivity index (χ4n) is 3.10. The third-order valence-corrected chi connectivity index (χ3v) is 6.37. The van der Waals surface area contributed by atoms with Crippen LogP contribution in [0.3, 0.4) is 0 Å². The lowest BCUT2D eigenvalue weighted by Gasteiger charge is -2.36. The molecule has 3 unspecified atom stereocenters. The first-order chi connectivity index (χ1) is 9.60. The highest BCUT2D eigenvalue weighted by atomic mass is 32.2. The highest BCUT2D eigenvalue weighted by Crippen LogP contribution is 2.40. The maximum Gasteiger partial charge on any atom is 0.0187 e. The Morgan fingerprint density at radius 2 is 1.95 bits per heavy atom. The van der Waals surface area contributed by atoms with Crippen LogP contribution in [0, 0.1) is 17.8 Å². The quantitative estimate of drug-likeness (QED) is 0.638. The van der Waals surface area contributed by atoms with Crippen molar-refractivity contribution in [2.45, 2.75) is 51.0 Å². The summed E-state index contributed by atoms with van der Waals surface area (Å²) in [5.74, 6) is 3.81. The molecule has 0 nitrogen and oxygen atoms in total. The molecule has 1 aliphatic carbocycles. The minimum atomic E-state index is 0.843. The van der Waals surface area contributed by atoms with Crippen LogP contribution in [-0.4, -0.2) is 5.25 Å². The van der Waals surface area contributed by atoms with Gasteiger partial charge in [0.25, 0.3) is 0 Å². The summed E-state index contributed by atoms with van der Waals surface area (Å²) < 4.78 is 0. The fraction of sp³-hybridized carbons (Fsp3) is 0.579. The van der Waals surface area contributed by atoms with E-state index in [-0.39, 0.29) is 0 Å². The lowest BCUT2D eigenvalue weighted by atomic mass is 9.77. The second-order valence-electron chi connectivity index (χ2n) is 6.59. The molecule has 3 atom stereocenters. The van der Waals surface area contributed by atoms with E-state index in [0.717, 1.165) is 28.8 Å². The van der Waals surface area contributed by atoms with Crippen molar-refractivity contribution in [3.8, 4) is 0 Å². The Morgan fingerprint density at radius 1 is 1.25 bits per heavy atom. The van der Waals surface area contributed by atoms with Crippen molar-refractivity contribution >= 4 is 17.8 Å². The molecule has 1 saturated carbocycles. The smallest absolute Gasteiger partial charge is 0.0187 e. The zero-order chi connectivity index (χ0) is 14.5. The van der Waals surface area contributed by atoms with Crippen LogP contribution in [0.15, 0.2) is 30.8 Å². The number of hydrogen-bond acceptors (Lipinski definition) is 1. The average Bonchev–Trinajstić information content (AvgIpc) is 2.46. The van der Waals surface area contributed by atoms with Gasteiger partial charge in [-0.25, -0.2) is 0 Å². The molecule has 2 rings (SSSR count). The molecule has 1 fully saturated rings. The Labute approximate surface area is 129 Å². The van der Waals surface area contributed by atoms with Gasteiger partial charge in [-0.2, -0.15) is 11.8 Å². The first-order valence-corrected chi connectivity index (χ1v) is 8.98. The van der Waals surface area contributed by atoms with Crippen molar-refractivity contribution in [2.75, 3.05) is 0 Å². The fourth-order valence-corrected chi connectivity index (χ4v) is 4.55. The molecule has 1 aromatic carbocycles. The maximum absolute atomic E-state index is 3.81. The van der Waals surface area contributed by atoms with Crippen molar-refractivity contribution in [2.24, 2.45) is 17.8 Å². The van der Waals surface area contributed by atoms with Gasteiger partial charge >= 0.3 is 0 Å². The summed E-state index contributed by atoms with van der Waals surface area (Å²) in [7, 11) is 0. The van der Waals surface area contributed by atoms with Gasteiger partial charge < -0.3 is 0 Å². The summed E-state index contributed by atoms with van der Waals surface area (Å²) in [6, 6.07) is 8.84. The van der Waals surface area contributed by atoms with Crippen LogP contribution in [-0.2, 0) is 5.75 Å².